The largest absolute Gasteiger partial charge is 0.372 e. The molecule has 1 saturated heterocycles. The zero-order valence-corrected chi connectivity index (χ0v) is 13.9. The SMILES string of the molecule is O=C(CSc1cc(F)ccc1F)Nc1ccc(N2CCCC2)cc1. The number of nitrogens with zero attached hydrogens (tertiary/aromatic N) is 1. The van der Waals surface area contributed by atoms with Gasteiger partial charge in [0.25, 0.3) is 0 Å². The average molecular weight is 348 g/mol. The normalized spacial score (nSPS) is 14.0. The molecule has 0 spiro atoms. The number of rotatable bonds is 5. The van der Waals surface area contributed by atoms with Crippen molar-refractivity contribution in [3.8, 4) is 0 Å². The minimum absolute atomic E-state index is 0.0221. The molecule has 0 aromatic heterocycles. The molecule has 0 radical (unpaired) electrons. The molecule has 0 atom stereocenters. The first-order chi connectivity index (χ1) is 11.6. The van der Waals surface area contributed by atoms with Crippen LogP contribution in [0.5, 0.6) is 0 Å². The van der Waals surface area contributed by atoms with Crippen molar-refractivity contribution in [2.24, 2.45) is 0 Å². The second-order valence-corrected chi connectivity index (χ2v) is 6.67. The summed E-state index contributed by atoms with van der Waals surface area (Å²) in [6, 6.07) is 10.9. The molecular formula is C18H18F2N2OS. The van der Waals surface area contributed by atoms with E-state index in [0.717, 1.165) is 48.7 Å². The summed E-state index contributed by atoms with van der Waals surface area (Å²) in [6.45, 7) is 2.14. The van der Waals surface area contributed by atoms with Gasteiger partial charge in [-0.15, -0.1) is 11.8 Å². The number of anilines is 2. The summed E-state index contributed by atoms with van der Waals surface area (Å²) >= 11 is 0.977. The zero-order chi connectivity index (χ0) is 16.9. The van der Waals surface area contributed by atoms with Crippen LogP contribution in [0.2, 0.25) is 0 Å². The molecule has 1 fully saturated rings. The standard InChI is InChI=1S/C18H18F2N2OS/c19-13-3-8-16(20)17(11-13)24-12-18(23)21-14-4-6-15(7-5-14)22-9-1-2-10-22/h3-8,11H,1-2,9-10,12H2,(H,21,23). The van der Waals surface area contributed by atoms with Crippen LogP contribution in [0, 0.1) is 11.6 Å². The molecule has 3 nitrogen and oxygen atoms in total. The fourth-order valence-corrected chi connectivity index (χ4v) is 3.42. The van der Waals surface area contributed by atoms with Gasteiger partial charge in [0.15, 0.2) is 0 Å². The molecule has 1 amide bonds. The molecule has 0 unspecified atom stereocenters. The number of carbonyl (C=O) groups excluding carboxylic acids is 1. The lowest BCUT2D eigenvalue weighted by Crippen LogP contribution is -2.18. The molecule has 0 aliphatic carbocycles. The van der Waals surface area contributed by atoms with Crippen LogP contribution in [0.15, 0.2) is 47.4 Å². The zero-order valence-electron chi connectivity index (χ0n) is 13.1. The highest BCUT2D eigenvalue weighted by Crippen LogP contribution is 2.24. The minimum atomic E-state index is -0.524. The van der Waals surface area contributed by atoms with Crippen LogP contribution >= 0.6 is 11.8 Å². The third kappa shape index (κ3) is 4.26. The number of hydrogen-bond donors (Lipinski definition) is 1. The molecule has 2 aromatic carbocycles. The molecule has 1 heterocycles. The first-order valence-corrected chi connectivity index (χ1v) is 8.83. The number of nitrogens with one attached hydrogen (secondary N) is 1. The van der Waals surface area contributed by atoms with E-state index in [1.54, 1.807) is 0 Å². The maximum absolute atomic E-state index is 13.5. The lowest BCUT2D eigenvalue weighted by Gasteiger charge is -2.17. The molecule has 0 saturated carbocycles. The second kappa shape index (κ2) is 7.66. The number of benzene rings is 2. The predicted molar refractivity (Wildman–Crippen MR) is 93.6 cm³/mol. The Morgan fingerprint density at radius 2 is 1.79 bits per heavy atom. The summed E-state index contributed by atoms with van der Waals surface area (Å²) in [5, 5.41) is 2.77. The Balaban J connectivity index is 1.53. The Labute approximate surface area is 144 Å². The molecule has 6 heteroatoms. The van der Waals surface area contributed by atoms with Gasteiger partial charge in [0.05, 0.1) is 5.75 Å². The van der Waals surface area contributed by atoms with Gasteiger partial charge in [-0.25, -0.2) is 8.78 Å². The molecule has 1 aliphatic rings. The first kappa shape index (κ1) is 16.8. The lowest BCUT2D eigenvalue weighted by molar-refractivity contribution is -0.113. The maximum Gasteiger partial charge on any atom is 0.234 e. The van der Waals surface area contributed by atoms with Crippen molar-refractivity contribution >= 4 is 29.0 Å². The Bertz CT molecular complexity index is 715. The molecule has 2 aromatic rings. The van der Waals surface area contributed by atoms with Gasteiger partial charge in [-0.3, -0.25) is 4.79 Å². The summed E-state index contributed by atoms with van der Waals surface area (Å²) in [4.78, 5) is 14.4. The highest BCUT2D eigenvalue weighted by molar-refractivity contribution is 8.00. The van der Waals surface area contributed by atoms with Crippen LogP contribution < -0.4 is 10.2 Å². The van der Waals surface area contributed by atoms with Crippen molar-refractivity contribution in [2.75, 3.05) is 29.1 Å². The Hall–Kier alpha value is -2.08. The van der Waals surface area contributed by atoms with Gasteiger partial charge in [-0.1, -0.05) is 0 Å². The Morgan fingerprint density at radius 1 is 1.08 bits per heavy atom. The molecule has 24 heavy (non-hydrogen) atoms. The van der Waals surface area contributed by atoms with Crippen LogP contribution in [-0.2, 0) is 4.79 Å². The van der Waals surface area contributed by atoms with Gasteiger partial charge in [0, 0.05) is 29.4 Å². The van der Waals surface area contributed by atoms with Crippen LogP contribution in [0.25, 0.3) is 0 Å². The number of halogens is 2. The number of amides is 1. The van der Waals surface area contributed by atoms with Crippen molar-refractivity contribution in [2.45, 2.75) is 17.7 Å². The Morgan fingerprint density at radius 3 is 2.50 bits per heavy atom. The van der Waals surface area contributed by atoms with E-state index in [-0.39, 0.29) is 16.6 Å². The summed E-state index contributed by atoms with van der Waals surface area (Å²) in [6.07, 6.45) is 2.43. The van der Waals surface area contributed by atoms with Crippen molar-refractivity contribution in [1.29, 1.82) is 0 Å². The highest BCUT2D eigenvalue weighted by Gasteiger charge is 2.12. The van der Waals surface area contributed by atoms with E-state index in [0.29, 0.717) is 5.69 Å². The number of hydrogen-bond acceptors (Lipinski definition) is 3. The molecule has 1 aliphatic heterocycles. The monoisotopic (exact) mass is 348 g/mol. The van der Waals surface area contributed by atoms with E-state index in [2.05, 4.69) is 10.2 Å². The van der Waals surface area contributed by atoms with Gasteiger partial charge in [-0.05, 0) is 55.3 Å². The second-order valence-electron chi connectivity index (χ2n) is 5.65. The van der Waals surface area contributed by atoms with E-state index in [4.69, 9.17) is 0 Å². The third-order valence-electron chi connectivity index (χ3n) is 3.87. The van der Waals surface area contributed by atoms with Gasteiger partial charge in [-0.2, -0.15) is 0 Å². The quantitative estimate of drug-likeness (QED) is 0.818. The lowest BCUT2D eigenvalue weighted by atomic mass is 10.2. The molecular weight excluding hydrogens is 330 g/mol. The van der Waals surface area contributed by atoms with Crippen molar-refractivity contribution in [3.63, 3.8) is 0 Å². The Kier molecular flexibility index (Phi) is 5.35. The van der Waals surface area contributed by atoms with E-state index in [9.17, 15) is 13.6 Å². The molecule has 126 valence electrons. The average Bonchev–Trinajstić information content (AvgIpc) is 3.11. The van der Waals surface area contributed by atoms with E-state index >= 15 is 0 Å². The topological polar surface area (TPSA) is 32.3 Å². The van der Waals surface area contributed by atoms with Crippen LogP contribution in [0.4, 0.5) is 20.2 Å². The first-order valence-electron chi connectivity index (χ1n) is 7.84. The smallest absolute Gasteiger partial charge is 0.234 e. The summed E-state index contributed by atoms with van der Waals surface area (Å²) in [5.74, 6) is -1.27. The molecule has 1 N–H and O–H groups in total. The summed E-state index contributed by atoms with van der Waals surface area (Å²) in [5.41, 5.74) is 1.85. The van der Waals surface area contributed by atoms with Gasteiger partial charge < -0.3 is 10.2 Å². The summed E-state index contributed by atoms with van der Waals surface area (Å²) in [7, 11) is 0. The van der Waals surface area contributed by atoms with Crippen LogP contribution in [0.3, 0.4) is 0 Å². The van der Waals surface area contributed by atoms with Crippen molar-refractivity contribution in [3.05, 3.63) is 54.1 Å². The number of carbonyl (C=O) groups is 1. The van der Waals surface area contributed by atoms with Gasteiger partial charge >= 0.3 is 0 Å². The fraction of sp³-hybridized carbons (Fsp3) is 0.278. The van der Waals surface area contributed by atoms with Crippen LogP contribution in [-0.4, -0.2) is 24.7 Å². The highest BCUT2D eigenvalue weighted by atomic mass is 32.2. The van der Waals surface area contributed by atoms with E-state index in [1.165, 1.54) is 12.8 Å². The fourth-order valence-electron chi connectivity index (χ4n) is 2.66. The van der Waals surface area contributed by atoms with E-state index < -0.39 is 11.6 Å². The minimum Gasteiger partial charge on any atom is -0.372 e. The third-order valence-corrected chi connectivity index (χ3v) is 4.90. The molecule has 3 rings (SSSR count). The van der Waals surface area contributed by atoms with Crippen LogP contribution in [0.1, 0.15) is 12.8 Å². The van der Waals surface area contributed by atoms with Gasteiger partial charge in [0.1, 0.15) is 11.6 Å². The van der Waals surface area contributed by atoms with Crippen molar-refractivity contribution < 1.29 is 13.6 Å². The molecule has 0 bridgehead atoms. The van der Waals surface area contributed by atoms with Crippen molar-refractivity contribution in [1.82, 2.24) is 0 Å². The van der Waals surface area contributed by atoms with Gasteiger partial charge in [0.2, 0.25) is 5.91 Å². The number of thioether (sulfide) groups is 1. The summed E-state index contributed by atoms with van der Waals surface area (Å²) < 4.78 is 26.6. The maximum atomic E-state index is 13.5. The van der Waals surface area contributed by atoms with E-state index in [1.807, 2.05) is 24.3 Å². The predicted octanol–water partition coefficient (Wildman–Crippen LogP) is 4.30.